The molecule has 0 radical (unpaired) electrons. The van der Waals surface area contributed by atoms with Crippen molar-refractivity contribution in [3.63, 3.8) is 0 Å². The molecule has 0 bridgehead atoms. The molecule has 0 aliphatic heterocycles. The molecule has 1 unspecified atom stereocenters. The second-order valence-electron chi connectivity index (χ2n) is 5.26. The van der Waals surface area contributed by atoms with Crippen LogP contribution < -0.4 is 5.32 Å². The van der Waals surface area contributed by atoms with E-state index in [2.05, 4.69) is 34.5 Å². The average molecular weight is 246 g/mol. The van der Waals surface area contributed by atoms with Crippen molar-refractivity contribution in [3.05, 3.63) is 35.4 Å². The minimum Gasteiger partial charge on any atom is -0.349 e. The number of rotatable bonds is 5. The summed E-state index contributed by atoms with van der Waals surface area (Å²) in [5.41, 5.74) is 2.69. The normalized spacial score (nSPS) is 17.8. The molecule has 98 valence electrons. The summed E-state index contributed by atoms with van der Waals surface area (Å²) in [4.78, 5) is 14.0. The van der Waals surface area contributed by atoms with Gasteiger partial charge in [-0.3, -0.25) is 4.79 Å². The van der Waals surface area contributed by atoms with E-state index >= 15 is 0 Å². The topological polar surface area (TPSA) is 32.3 Å². The molecule has 1 aromatic carbocycles. The summed E-state index contributed by atoms with van der Waals surface area (Å²) >= 11 is 0. The van der Waals surface area contributed by atoms with E-state index in [9.17, 15) is 4.79 Å². The van der Waals surface area contributed by atoms with Crippen LogP contribution in [0.15, 0.2) is 24.3 Å². The first kappa shape index (κ1) is 13.1. The third-order valence-corrected chi connectivity index (χ3v) is 3.48. The Labute approximate surface area is 109 Å². The van der Waals surface area contributed by atoms with Gasteiger partial charge in [-0.2, -0.15) is 0 Å². The fourth-order valence-electron chi connectivity index (χ4n) is 2.53. The number of nitrogens with zero attached hydrogens (tertiary/aromatic N) is 1. The molecule has 0 aromatic heterocycles. The van der Waals surface area contributed by atoms with Crippen molar-refractivity contribution < 1.29 is 4.79 Å². The summed E-state index contributed by atoms with van der Waals surface area (Å²) in [6.07, 6.45) is 3.67. The van der Waals surface area contributed by atoms with Gasteiger partial charge in [0.05, 0.1) is 6.04 Å². The van der Waals surface area contributed by atoms with Crippen LogP contribution in [-0.4, -0.2) is 31.4 Å². The molecular weight excluding hydrogens is 224 g/mol. The summed E-state index contributed by atoms with van der Waals surface area (Å²) in [5, 5.41) is 3.15. The van der Waals surface area contributed by atoms with Crippen molar-refractivity contribution in [1.82, 2.24) is 10.2 Å². The van der Waals surface area contributed by atoms with Crippen LogP contribution in [0.3, 0.4) is 0 Å². The molecule has 3 heteroatoms. The van der Waals surface area contributed by atoms with Crippen LogP contribution in [0.2, 0.25) is 0 Å². The number of amides is 1. The number of nitrogens with one attached hydrogen (secondary N) is 1. The molecule has 0 fully saturated rings. The van der Waals surface area contributed by atoms with E-state index in [4.69, 9.17) is 0 Å². The van der Waals surface area contributed by atoms with Gasteiger partial charge in [-0.15, -0.1) is 0 Å². The minimum absolute atomic E-state index is 0.179. The van der Waals surface area contributed by atoms with E-state index in [0.29, 0.717) is 6.42 Å². The Bertz CT molecular complexity index is 415. The number of aryl methyl sites for hydroxylation is 1. The maximum absolute atomic E-state index is 11.9. The SMILES string of the molecule is CN(C)CCCC(=O)NC1CCc2ccccc21. The van der Waals surface area contributed by atoms with Crippen molar-refractivity contribution in [2.75, 3.05) is 20.6 Å². The Kier molecular flexibility index (Phi) is 4.37. The van der Waals surface area contributed by atoms with E-state index in [1.807, 2.05) is 14.1 Å². The highest BCUT2D eigenvalue weighted by molar-refractivity contribution is 5.76. The highest BCUT2D eigenvalue weighted by Crippen LogP contribution is 2.30. The van der Waals surface area contributed by atoms with Crippen LogP contribution in [0.25, 0.3) is 0 Å². The smallest absolute Gasteiger partial charge is 0.220 e. The molecule has 0 saturated carbocycles. The third kappa shape index (κ3) is 3.33. The molecule has 1 amide bonds. The van der Waals surface area contributed by atoms with Gasteiger partial charge in [-0.05, 0) is 51.0 Å². The van der Waals surface area contributed by atoms with Crippen LogP contribution >= 0.6 is 0 Å². The molecule has 1 aliphatic rings. The zero-order valence-electron chi connectivity index (χ0n) is 11.3. The van der Waals surface area contributed by atoms with Gasteiger partial charge in [0.15, 0.2) is 0 Å². The number of hydrogen-bond acceptors (Lipinski definition) is 2. The number of carbonyl (C=O) groups is 1. The number of hydrogen-bond donors (Lipinski definition) is 1. The Morgan fingerprint density at radius 3 is 2.94 bits per heavy atom. The van der Waals surface area contributed by atoms with E-state index < -0.39 is 0 Å². The maximum Gasteiger partial charge on any atom is 0.220 e. The molecule has 0 heterocycles. The molecule has 0 spiro atoms. The predicted molar refractivity (Wildman–Crippen MR) is 73.4 cm³/mol. The zero-order chi connectivity index (χ0) is 13.0. The van der Waals surface area contributed by atoms with Gasteiger partial charge in [0.25, 0.3) is 0 Å². The Morgan fingerprint density at radius 2 is 2.17 bits per heavy atom. The van der Waals surface area contributed by atoms with E-state index in [1.54, 1.807) is 0 Å². The Hall–Kier alpha value is -1.35. The van der Waals surface area contributed by atoms with Gasteiger partial charge in [0.2, 0.25) is 5.91 Å². The number of fused-ring (bicyclic) bond motifs is 1. The van der Waals surface area contributed by atoms with Crippen molar-refractivity contribution in [3.8, 4) is 0 Å². The molecule has 0 saturated heterocycles. The lowest BCUT2D eigenvalue weighted by atomic mass is 10.1. The maximum atomic E-state index is 11.9. The fraction of sp³-hybridized carbons (Fsp3) is 0.533. The molecule has 1 aliphatic carbocycles. The summed E-state index contributed by atoms with van der Waals surface area (Å²) < 4.78 is 0. The Balaban J connectivity index is 1.82. The lowest BCUT2D eigenvalue weighted by molar-refractivity contribution is -0.122. The van der Waals surface area contributed by atoms with Crippen molar-refractivity contribution in [2.24, 2.45) is 0 Å². The Morgan fingerprint density at radius 1 is 1.39 bits per heavy atom. The largest absolute Gasteiger partial charge is 0.349 e. The van der Waals surface area contributed by atoms with Gasteiger partial charge >= 0.3 is 0 Å². The quantitative estimate of drug-likeness (QED) is 0.863. The van der Waals surface area contributed by atoms with Gasteiger partial charge in [0, 0.05) is 6.42 Å². The van der Waals surface area contributed by atoms with Crippen LogP contribution in [0.5, 0.6) is 0 Å². The molecule has 1 N–H and O–H groups in total. The van der Waals surface area contributed by atoms with Crippen molar-refractivity contribution in [2.45, 2.75) is 31.7 Å². The van der Waals surface area contributed by atoms with E-state index in [-0.39, 0.29) is 11.9 Å². The van der Waals surface area contributed by atoms with E-state index in [1.165, 1.54) is 11.1 Å². The van der Waals surface area contributed by atoms with Crippen LogP contribution in [0, 0.1) is 0 Å². The lowest BCUT2D eigenvalue weighted by Gasteiger charge is -2.15. The second-order valence-corrected chi connectivity index (χ2v) is 5.26. The van der Waals surface area contributed by atoms with Crippen molar-refractivity contribution >= 4 is 5.91 Å². The van der Waals surface area contributed by atoms with Gasteiger partial charge in [-0.1, -0.05) is 24.3 Å². The first-order chi connectivity index (χ1) is 8.66. The first-order valence-corrected chi connectivity index (χ1v) is 6.68. The van der Waals surface area contributed by atoms with Crippen molar-refractivity contribution in [1.29, 1.82) is 0 Å². The molecule has 1 aromatic rings. The molecule has 18 heavy (non-hydrogen) atoms. The second kappa shape index (κ2) is 6.01. The number of benzene rings is 1. The minimum atomic E-state index is 0.179. The summed E-state index contributed by atoms with van der Waals surface area (Å²) in [6, 6.07) is 8.64. The van der Waals surface area contributed by atoms with E-state index in [0.717, 1.165) is 25.8 Å². The molecular formula is C15H22N2O. The van der Waals surface area contributed by atoms with Gasteiger partial charge in [-0.25, -0.2) is 0 Å². The van der Waals surface area contributed by atoms with Gasteiger partial charge < -0.3 is 10.2 Å². The van der Waals surface area contributed by atoms with Gasteiger partial charge in [0.1, 0.15) is 0 Å². The van der Waals surface area contributed by atoms with Crippen LogP contribution in [0.1, 0.15) is 36.4 Å². The highest BCUT2D eigenvalue weighted by Gasteiger charge is 2.22. The summed E-state index contributed by atoms with van der Waals surface area (Å²) in [5.74, 6) is 0.179. The van der Waals surface area contributed by atoms with Crippen LogP contribution in [0.4, 0.5) is 0 Å². The van der Waals surface area contributed by atoms with Crippen LogP contribution in [-0.2, 0) is 11.2 Å². The average Bonchev–Trinajstić information content (AvgIpc) is 2.72. The highest BCUT2D eigenvalue weighted by atomic mass is 16.1. The molecule has 2 rings (SSSR count). The monoisotopic (exact) mass is 246 g/mol. The summed E-state index contributed by atoms with van der Waals surface area (Å²) in [6.45, 7) is 0.967. The molecule has 3 nitrogen and oxygen atoms in total. The zero-order valence-corrected chi connectivity index (χ0v) is 11.3. The summed E-state index contributed by atoms with van der Waals surface area (Å²) in [7, 11) is 4.07. The fourth-order valence-corrected chi connectivity index (χ4v) is 2.53. The number of carbonyl (C=O) groups excluding carboxylic acids is 1. The standard InChI is InChI=1S/C15H22N2O/c1-17(2)11-5-8-15(18)16-14-10-9-12-6-3-4-7-13(12)14/h3-4,6-7,14H,5,8-11H2,1-2H3,(H,16,18). The first-order valence-electron chi connectivity index (χ1n) is 6.68. The predicted octanol–water partition coefficient (Wildman–Crippen LogP) is 2.13. The third-order valence-electron chi connectivity index (χ3n) is 3.48. The lowest BCUT2D eigenvalue weighted by Crippen LogP contribution is -2.27. The molecule has 1 atom stereocenters.